The van der Waals surface area contributed by atoms with Crippen molar-refractivity contribution in [3.63, 3.8) is 0 Å². The molecule has 1 heterocycles. The summed E-state index contributed by atoms with van der Waals surface area (Å²) in [6.07, 6.45) is 3.03. The van der Waals surface area contributed by atoms with Gasteiger partial charge in [0.05, 0.1) is 4.90 Å². The van der Waals surface area contributed by atoms with E-state index in [1.165, 1.54) is 28.6 Å². The molecule has 1 aliphatic heterocycles. The van der Waals surface area contributed by atoms with Crippen molar-refractivity contribution in [2.45, 2.75) is 43.0 Å². The Bertz CT molecular complexity index is 1060. The molecule has 2 N–H and O–H groups in total. The van der Waals surface area contributed by atoms with Crippen LogP contribution in [0.5, 0.6) is 0 Å². The van der Waals surface area contributed by atoms with Crippen LogP contribution in [-0.2, 0) is 26.0 Å². The summed E-state index contributed by atoms with van der Waals surface area (Å²) in [4.78, 5) is 24.1. The van der Waals surface area contributed by atoms with Crippen LogP contribution in [0.15, 0.2) is 53.4 Å². The second-order valence-corrected chi connectivity index (χ2v) is 9.79. The number of nitrogens with zero attached hydrogens (tertiary/aromatic N) is 1. The number of piperidine rings is 1. The lowest BCUT2D eigenvalue weighted by Crippen LogP contribution is -2.46. The van der Waals surface area contributed by atoms with Crippen LogP contribution in [0, 0.1) is 11.6 Å². The fraction of sp³-hybridized carbons (Fsp3) is 0.391. The highest BCUT2D eigenvalue weighted by Crippen LogP contribution is 2.27. The van der Waals surface area contributed by atoms with E-state index in [0.29, 0.717) is 25.8 Å². The summed E-state index contributed by atoms with van der Waals surface area (Å²) in [5.74, 6) is -2.43. The van der Waals surface area contributed by atoms with Gasteiger partial charge in [-0.15, -0.1) is 0 Å². The lowest BCUT2D eigenvalue weighted by Gasteiger charge is -2.34. The van der Waals surface area contributed by atoms with Crippen LogP contribution in [0.4, 0.5) is 8.78 Å². The Morgan fingerprint density at radius 2 is 1.45 bits per heavy atom. The molecule has 2 aromatic rings. The van der Waals surface area contributed by atoms with Gasteiger partial charge >= 0.3 is 11.8 Å². The number of benzene rings is 2. The zero-order valence-electron chi connectivity index (χ0n) is 18.1. The van der Waals surface area contributed by atoms with Crippen LogP contribution in [0.25, 0.3) is 0 Å². The van der Waals surface area contributed by atoms with Crippen molar-refractivity contribution in [1.29, 1.82) is 0 Å². The molecule has 1 fully saturated rings. The van der Waals surface area contributed by atoms with E-state index in [9.17, 15) is 26.8 Å². The van der Waals surface area contributed by atoms with Crippen LogP contribution < -0.4 is 10.6 Å². The molecule has 3 rings (SSSR count). The van der Waals surface area contributed by atoms with Crippen molar-refractivity contribution in [2.75, 3.05) is 19.6 Å². The predicted octanol–water partition coefficient (Wildman–Crippen LogP) is 2.37. The van der Waals surface area contributed by atoms with E-state index in [2.05, 4.69) is 10.6 Å². The summed E-state index contributed by atoms with van der Waals surface area (Å²) in [6.45, 7) is 0.719. The minimum absolute atomic E-state index is 0.0281. The van der Waals surface area contributed by atoms with Crippen molar-refractivity contribution in [3.8, 4) is 0 Å². The molecule has 0 bridgehead atoms. The van der Waals surface area contributed by atoms with Crippen molar-refractivity contribution >= 4 is 21.8 Å². The Labute approximate surface area is 192 Å². The number of nitrogens with one attached hydrogen (secondary N) is 2. The largest absolute Gasteiger partial charge is 0.348 e. The van der Waals surface area contributed by atoms with Gasteiger partial charge in [0.1, 0.15) is 11.6 Å². The molecule has 1 atom stereocenters. The second-order valence-electron chi connectivity index (χ2n) is 7.90. The van der Waals surface area contributed by atoms with Gasteiger partial charge in [-0.3, -0.25) is 9.59 Å². The SMILES string of the molecule is O=C(NCCc1ccc(F)cc1)C(=O)NCC[C@H]1CCCCN1S(=O)(=O)c1ccc(F)cc1. The Kier molecular flexibility index (Phi) is 8.51. The fourth-order valence-electron chi connectivity index (χ4n) is 3.81. The first-order chi connectivity index (χ1) is 15.8. The summed E-state index contributed by atoms with van der Waals surface area (Å²) in [5.41, 5.74) is 0.830. The number of amides is 2. The Morgan fingerprint density at radius 1 is 0.879 bits per heavy atom. The zero-order valence-corrected chi connectivity index (χ0v) is 18.9. The van der Waals surface area contributed by atoms with Gasteiger partial charge in [0.15, 0.2) is 0 Å². The normalized spacial score (nSPS) is 16.8. The van der Waals surface area contributed by atoms with E-state index < -0.39 is 27.7 Å². The van der Waals surface area contributed by atoms with Crippen molar-refractivity contribution < 1.29 is 26.8 Å². The highest BCUT2D eigenvalue weighted by atomic mass is 32.2. The molecular formula is C23H27F2N3O4S. The molecule has 0 spiro atoms. The lowest BCUT2D eigenvalue weighted by atomic mass is 10.0. The molecule has 7 nitrogen and oxygen atoms in total. The summed E-state index contributed by atoms with van der Waals surface area (Å²) in [6, 6.07) is 10.3. The average Bonchev–Trinajstić information content (AvgIpc) is 2.80. The van der Waals surface area contributed by atoms with E-state index in [1.54, 1.807) is 12.1 Å². The number of sulfonamides is 1. The average molecular weight is 480 g/mol. The predicted molar refractivity (Wildman–Crippen MR) is 119 cm³/mol. The van der Waals surface area contributed by atoms with E-state index >= 15 is 0 Å². The molecule has 2 aromatic carbocycles. The van der Waals surface area contributed by atoms with Gasteiger partial charge in [0.25, 0.3) is 0 Å². The van der Waals surface area contributed by atoms with Gasteiger partial charge in [-0.2, -0.15) is 4.31 Å². The zero-order chi connectivity index (χ0) is 23.8. The first-order valence-corrected chi connectivity index (χ1v) is 12.3. The van der Waals surface area contributed by atoms with E-state index in [4.69, 9.17) is 0 Å². The second kappa shape index (κ2) is 11.3. The summed E-state index contributed by atoms with van der Waals surface area (Å²) >= 11 is 0. The Morgan fingerprint density at radius 3 is 2.09 bits per heavy atom. The summed E-state index contributed by atoms with van der Waals surface area (Å²) in [7, 11) is -3.78. The summed E-state index contributed by atoms with van der Waals surface area (Å²) < 4.78 is 53.5. The molecule has 0 radical (unpaired) electrons. The number of halogens is 2. The fourth-order valence-corrected chi connectivity index (χ4v) is 5.53. The monoisotopic (exact) mass is 479 g/mol. The van der Waals surface area contributed by atoms with Gasteiger partial charge in [0, 0.05) is 25.7 Å². The van der Waals surface area contributed by atoms with Gasteiger partial charge in [-0.25, -0.2) is 17.2 Å². The van der Waals surface area contributed by atoms with Crippen LogP contribution in [-0.4, -0.2) is 50.2 Å². The molecule has 33 heavy (non-hydrogen) atoms. The smallest absolute Gasteiger partial charge is 0.309 e. The van der Waals surface area contributed by atoms with Crippen molar-refractivity contribution in [1.82, 2.24) is 14.9 Å². The third-order valence-electron chi connectivity index (χ3n) is 5.58. The molecule has 0 aliphatic carbocycles. The van der Waals surface area contributed by atoms with Gasteiger partial charge in [-0.05, 0) is 67.6 Å². The molecule has 0 saturated carbocycles. The van der Waals surface area contributed by atoms with E-state index in [0.717, 1.165) is 30.5 Å². The first kappa shape index (κ1) is 24.8. The third-order valence-corrected chi connectivity index (χ3v) is 7.54. The maximum atomic E-state index is 13.2. The van der Waals surface area contributed by atoms with Gasteiger partial charge in [-0.1, -0.05) is 18.6 Å². The topological polar surface area (TPSA) is 95.6 Å². The third kappa shape index (κ3) is 6.82. The minimum atomic E-state index is -3.78. The van der Waals surface area contributed by atoms with Crippen LogP contribution in [0.2, 0.25) is 0 Å². The standard InChI is InChI=1S/C23H27F2N3O4S/c24-18-6-4-17(5-7-18)12-14-26-22(29)23(30)27-15-13-20-3-1-2-16-28(20)33(31,32)21-10-8-19(25)9-11-21/h4-11,20H,1-3,12-16H2,(H,26,29)(H,27,30)/t20-/m1/s1. The number of hydrogen-bond acceptors (Lipinski definition) is 4. The molecule has 0 unspecified atom stereocenters. The number of rotatable bonds is 8. The number of carbonyl (C=O) groups excluding carboxylic acids is 2. The number of hydrogen-bond donors (Lipinski definition) is 2. The first-order valence-electron chi connectivity index (χ1n) is 10.9. The minimum Gasteiger partial charge on any atom is -0.348 e. The maximum absolute atomic E-state index is 13.2. The van der Waals surface area contributed by atoms with E-state index in [-0.39, 0.29) is 29.8 Å². The van der Waals surface area contributed by atoms with Crippen LogP contribution in [0.3, 0.4) is 0 Å². The van der Waals surface area contributed by atoms with Crippen molar-refractivity contribution in [2.24, 2.45) is 0 Å². The van der Waals surface area contributed by atoms with Crippen LogP contribution in [0.1, 0.15) is 31.2 Å². The molecular weight excluding hydrogens is 452 g/mol. The molecule has 2 amide bonds. The Balaban J connectivity index is 1.47. The molecule has 0 aromatic heterocycles. The summed E-state index contributed by atoms with van der Waals surface area (Å²) in [5, 5.41) is 5.04. The van der Waals surface area contributed by atoms with Crippen molar-refractivity contribution in [3.05, 3.63) is 65.7 Å². The highest BCUT2D eigenvalue weighted by molar-refractivity contribution is 7.89. The van der Waals surface area contributed by atoms with Crippen LogP contribution >= 0.6 is 0 Å². The van der Waals surface area contributed by atoms with Gasteiger partial charge in [0.2, 0.25) is 10.0 Å². The van der Waals surface area contributed by atoms with E-state index in [1.807, 2.05) is 0 Å². The highest BCUT2D eigenvalue weighted by Gasteiger charge is 2.33. The Hall–Kier alpha value is -2.85. The quantitative estimate of drug-likeness (QED) is 0.569. The molecule has 1 saturated heterocycles. The molecule has 10 heteroatoms. The molecule has 1 aliphatic rings. The lowest BCUT2D eigenvalue weighted by molar-refractivity contribution is -0.139. The van der Waals surface area contributed by atoms with Gasteiger partial charge < -0.3 is 10.6 Å². The maximum Gasteiger partial charge on any atom is 0.309 e. The molecule has 178 valence electrons. The number of carbonyl (C=O) groups is 2.